The molecule has 1 aromatic heterocycles. The lowest BCUT2D eigenvalue weighted by Crippen LogP contribution is -2.44. The molecular weight excluding hydrogens is 194 g/mol. The number of aromatic amines is 1. The van der Waals surface area contributed by atoms with Crippen LogP contribution in [0.1, 0.15) is 19.8 Å². The Kier molecular flexibility index (Phi) is 2.48. The van der Waals surface area contributed by atoms with Crippen molar-refractivity contribution in [2.45, 2.75) is 25.4 Å². The summed E-state index contributed by atoms with van der Waals surface area (Å²) in [6.07, 6.45) is 4.43. The summed E-state index contributed by atoms with van der Waals surface area (Å²) in [7, 11) is 0. The quantitative estimate of drug-likeness (QED) is 0.689. The minimum Gasteiger partial charge on any atom is -0.390 e. The average Bonchev–Trinajstić information content (AvgIpc) is 2.19. The fourth-order valence-electron chi connectivity index (χ4n) is 1.77. The van der Waals surface area contributed by atoms with Gasteiger partial charge in [0, 0.05) is 25.5 Å². The third-order valence-corrected chi connectivity index (χ3v) is 2.83. The Labute approximate surface area is 87.8 Å². The number of nitrogens with one attached hydrogen (secondary N) is 1. The van der Waals surface area contributed by atoms with Crippen LogP contribution in [0.15, 0.2) is 17.2 Å². The lowest BCUT2D eigenvalue weighted by atomic mass is 9.94. The number of aliphatic hydroxyl groups is 1. The van der Waals surface area contributed by atoms with Crippen molar-refractivity contribution in [2.75, 3.05) is 18.0 Å². The molecule has 1 saturated heterocycles. The number of piperidine rings is 1. The maximum Gasteiger partial charge on any atom is 0.290 e. The minimum absolute atomic E-state index is 0.168. The molecule has 82 valence electrons. The summed E-state index contributed by atoms with van der Waals surface area (Å²) in [5.41, 5.74) is -0.767. The smallest absolute Gasteiger partial charge is 0.290 e. The Morgan fingerprint density at radius 1 is 1.53 bits per heavy atom. The van der Waals surface area contributed by atoms with E-state index in [-0.39, 0.29) is 5.56 Å². The van der Waals surface area contributed by atoms with Gasteiger partial charge in [-0.1, -0.05) is 0 Å². The van der Waals surface area contributed by atoms with Gasteiger partial charge < -0.3 is 15.0 Å². The lowest BCUT2D eigenvalue weighted by molar-refractivity contribution is 0.0349. The van der Waals surface area contributed by atoms with Gasteiger partial charge in [0.2, 0.25) is 0 Å². The molecule has 1 fully saturated rings. The summed E-state index contributed by atoms with van der Waals surface area (Å²) in [5.74, 6) is 0.452. The zero-order chi connectivity index (χ0) is 10.9. The molecule has 2 heterocycles. The molecule has 0 bridgehead atoms. The van der Waals surface area contributed by atoms with Gasteiger partial charge in [0.1, 0.15) is 0 Å². The van der Waals surface area contributed by atoms with Crippen LogP contribution in [0.2, 0.25) is 0 Å². The summed E-state index contributed by atoms with van der Waals surface area (Å²) < 4.78 is 0. The Bertz CT molecular complexity index is 390. The molecule has 2 N–H and O–H groups in total. The molecule has 0 spiro atoms. The number of hydrogen-bond donors (Lipinski definition) is 2. The van der Waals surface area contributed by atoms with Crippen LogP contribution in [0, 0.1) is 0 Å². The molecule has 5 heteroatoms. The first-order chi connectivity index (χ1) is 7.08. The number of rotatable bonds is 1. The van der Waals surface area contributed by atoms with E-state index in [0.29, 0.717) is 31.7 Å². The number of aromatic nitrogens is 2. The van der Waals surface area contributed by atoms with E-state index in [4.69, 9.17) is 0 Å². The standard InChI is InChI=1S/C10H15N3O2/c1-10(15)2-6-13(7-3-10)8-9(14)12-5-4-11-8/h4-5,15H,2-3,6-7H2,1H3,(H,12,14). The van der Waals surface area contributed by atoms with Crippen molar-refractivity contribution in [2.24, 2.45) is 0 Å². The molecule has 1 aromatic rings. The maximum atomic E-state index is 11.5. The Morgan fingerprint density at radius 2 is 2.20 bits per heavy atom. The minimum atomic E-state index is -0.599. The van der Waals surface area contributed by atoms with Crippen molar-refractivity contribution in [3.8, 4) is 0 Å². The summed E-state index contributed by atoms with van der Waals surface area (Å²) in [6.45, 7) is 3.17. The molecule has 0 unspecified atom stereocenters. The van der Waals surface area contributed by atoms with E-state index >= 15 is 0 Å². The summed E-state index contributed by atoms with van der Waals surface area (Å²) in [4.78, 5) is 20.0. The van der Waals surface area contributed by atoms with Crippen LogP contribution < -0.4 is 10.5 Å². The summed E-state index contributed by atoms with van der Waals surface area (Å²) in [6, 6.07) is 0. The molecule has 2 rings (SSSR count). The van der Waals surface area contributed by atoms with Gasteiger partial charge >= 0.3 is 0 Å². The van der Waals surface area contributed by atoms with E-state index in [1.807, 2.05) is 11.8 Å². The van der Waals surface area contributed by atoms with Crippen molar-refractivity contribution in [1.29, 1.82) is 0 Å². The van der Waals surface area contributed by atoms with Crippen molar-refractivity contribution in [3.63, 3.8) is 0 Å². The van der Waals surface area contributed by atoms with Gasteiger partial charge in [-0.15, -0.1) is 0 Å². The average molecular weight is 209 g/mol. The second-order valence-electron chi connectivity index (χ2n) is 4.23. The van der Waals surface area contributed by atoms with Crippen LogP contribution in [0.4, 0.5) is 5.82 Å². The molecule has 0 radical (unpaired) electrons. The fourth-order valence-corrected chi connectivity index (χ4v) is 1.77. The number of H-pyrrole nitrogens is 1. The molecular formula is C10H15N3O2. The van der Waals surface area contributed by atoms with Gasteiger partial charge in [-0.05, 0) is 19.8 Å². The third-order valence-electron chi connectivity index (χ3n) is 2.83. The summed E-state index contributed by atoms with van der Waals surface area (Å²) in [5, 5.41) is 9.78. The van der Waals surface area contributed by atoms with Gasteiger partial charge in [0.25, 0.3) is 5.56 Å². The first kappa shape index (κ1) is 10.2. The highest BCUT2D eigenvalue weighted by molar-refractivity contribution is 5.35. The second kappa shape index (κ2) is 3.66. The predicted octanol–water partition coefficient (Wildman–Crippen LogP) is 0.121. The Balaban J connectivity index is 2.15. The van der Waals surface area contributed by atoms with E-state index in [9.17, 15) is 9.90 Å². The predicted molar refractivity (Wildman–Crippen MR) is 56.9 cm³/mol. The molecule has 0 saturated carbocycles. The monoisotopic (exact) mass is 209 g/mol. The first-order valence-corrected chi connectivity index (χ1v) is 5.09. The lowest BCUT2D eigenvalue weighted by Gasteiger charge is -2.35. The Hall–Kier alpha value is -1.36. The largest absolute Gasteiger partial charge is 0.390 e. The molecule has 1 aliphatic rings. The van der Waals surface area contributed by atoms with Gasteiger partial charge in [-0.2, -0.15) is 0 Å². The molecule has 0 aromatic carbocycles. The van der Waals surface area contributed by atoms with E-state index < -0.39 is 5.60 Å². The normalized spacial score (nSPS) is 20.3. The van der Waals surface area contributed by atoms with Crippen molar-refractivity contribution < 1.29 is 5.11 Å². The topological polar surface area (TPSA) is 69.2 Å². The third kappa shape index (κ3) is 2.18. The zero-order valence-electron chi connectivity index (χ0n) is 8.73. The van der Waals surface area contributed by atoms with Gasteiger partial charge in [0.05, 0.1) is 5.60 Å². The molecule has 0 aliphatic carbocycles. The first-order valence-electron chi connectivity index (χ1n) is 5.09. The molecule has 5 nitrogen and oxygen atoms in total. The van der Waals surface area contributed by atoms with Crippen molar-refractivity contribution >= 4 is 5.82 Å². The van der Waals surface area contributed by atoms with Gasteiger partial charge in [-0.25, -0.2) is 4.98 Å². The molecule has 0 atom stereocenters. The zero-order valence-corrected chi connectivity index (χ0v) is 8.73. The van der Waals surface area contributed by atoms with E-state index in [1.54, 1.807) is 6.20 Å². The molecule has 15 heavy (non-hydrogen) atoms. The van der Waals surface area contributed by atoms with Crippen LogP contribution >= 0.6 is 0 Å². The van der Waals surface area contributed by atoms with E-state index in [1.165, 1.54) is 6.20 Å². The van der Waals surface area contributed by atoms with Gasteiger partial charge in [-0.3, -0.25) is 4.79 Å². The second-order valence-corrected chi connectivity index (χ2v) is 4.23. The fraction of sp³-hybridized carbons (Fsp3) is 0.600. The van der Waals surface area contributed by atoms with Crippen LogP contribution in [0.5, 0.6) is 0 Å². The van der Waals surface area contributed by atoms with E-state index in [2.05, 4.69) is 9.97 Å². The maximum absolute atomic E-state index is 11.5. The van der Waals surface area contributed by atoms with Crippen molar-refractivity contribution in [1.82, 2.24) is 9.97 Å². The summed E-state index contributed by atoms with van der Waals surface area (Å²) >= 11 is 0. The van der Waals surface area contributed by atoms with Crippen LogP contribution in [0.25, 0.3) is 0 Å². The SMILES string of the molecule is CC1(O)CCN(c2ncc[nH]c2=O)CC1. The number of nitrogens with zero attached hydrogens (tertiary/aromatic N) is 2. The Morgan fingerprint density at radius 3 is 2.80 bits per heavy atom. The van der Waals surface area contributed by atoms with Gasteiger partial charge in [0.15, 0.2) is 5.82 Å². The van der Waals surface area contributed by atoms with Crippen molar-refractivity contribution in [3.05, 3.63) is 22.7 Å². The number of hydrogen-bond acceptors (Lipinski definition) is 4. The van der Waals surface area contributed by atoms with Crippen LogP contribution in [-0.4, -0.2) is 33.8 Å². The molecule has 0 amide bonds. The van der Waals surface area contributed by atoms with Crippen LogP contribution in [-0.2, 0) is 0 Å². The highest BCUT2D eigenvalue weighted by Crippen LogP contribution is 2.22. The number of anilines is 1. The van der Waals surface area contributed by atoms with Crippen LogP contribution in [0.3, 0.4) is 0 Å². The van der Waals surface area contributed by atoms with E-state index in [0.717, 1.165) is 0 Å². The highest BCUT2D eigenvalue weighted by Gasteiger charge is 2.28. The molecule has 1 aliphatic heterocycles. The highest BCUT2D eigenvalue weighted by atomic mass is 16.3.